The first-order chi connectivity index (χ1) is 11.1. The second-order valence-electron chi connectivity index (χ2n) is 6.45. The monoisotopic (exact) mass is 314 g/mol. The van der Waals surface area contributed by atoms with Crippen LogP contribution in [0.4, 0.5) is 0 Å². The van der Waals surface area contributed by atoms with Crippen molar-refractivity contribution < 1.29 is 9.53 Å². The van der Waals surface area contributed by atoms with E-state index in [1.807, 2.05) is 23.1 Å². The van der Waals surface area contributed by atoms with Gasteiger partial charge in [0.05, 0.1) is 24.2 Å². The Kier molecular flexibility index (Phi) is 4.32. The number of aromatic amines is 1. The summed E-state index contributed by atoms with van der Waals surface area (Å²) < 4.78 is 5.92. The average molecular weight is 314 g/mol. The number of ether oxygens (including phenoxy) is 1. The molecule has 1 aliphatic heterocycles. The summed E-state index contributed by atoms with van der Waals surface area (Å²) in [5, 5.41) is 6.81. The number of hydrogen-bond acceptors (Lipinski definition) is 4. The molecule has 122 valence electrons. The fourth-order valence-corrected chi connectivity index (χ4v) is 2.79. The maximum atomic E-state index is 11.4. The van der Waals surface area contributed by atoms with Gasteiger partial charge in [-0.05, 0) is 31.0 Å². The molecule has 0 saturated carbocycles. The van der Waals surface area contributed by atoms with E-state index < -0.39 is 0 Å². The standard InChI is InChI=1S/C17H22N4O2/c1-13(22)21-9-6-17(2,7-10-21)12-23-14-3-4-15(18-11-14)16-5-8-19-20-16/h3-5,8,11H,6-7,9-10,12H2,1-2H3,(H,19,20). The number of carbonyl (C=O) groups excluding carboxylic acids is 1. The molecule has 1 aliphatic rings. The summed E-state index contributed by atoms with van der Waals surface area (Å²) in [5.41, 5.74) is 1.84. The summed E-state index contributed by atoms with van der Waals surface area (Å²) in [4.78, 5) is 17.7. The molecule has 0 radical (unpaired) electrons. The van der Waals surface area contributed by atoms with Crippen LogP contribution in [-0.4, -0.2) is 45.7 Å². The predicted octanol–water partition coefficient (Wildman–Crippen LogP) is 2.50. The van der Waals surface area contributed by atoms with Gasteiger partial charge in [0.1, 0.15) is 5.75 Å². The van der Waals surface area contributed by atoms with Crippen molar-refractivity contribution in [3.63, 3.8) is 0 Å². The fraction of sp³-hybridized carbons (Fsp3) is 0.471. The lowest BCUT2D eigenvalue weighted by molar-refractivity contribution is -0.131. The Labute approximate surface area is 135 Å². The molecule has 0 unspecified atom stereocenters. The SMILES string of the molecule is CC(=O)N1CCC(C)(COc2ccc(-c3ccn[nH]3)nc2)CC1. The van der Waals surface area contributed by atoms with Crippen LogP contribution in [0.3, 0.4) is 0 Å². The maximum Gasteiger partial charge on any atom is 0.219 e. The van der Waals surface area contributed by atoms with Crippen LogP contribution in [0.2, 0.25) is 0 Å². The van der Waals surface area contributed by atoms with Crippen molar-refractivity contribution >= 4 is 5.91 Å². The number of pyridine rings is 1. The Balaban J connectivity index is 1.55. The molecule has 0 bridgehead atoms. The Hall–Kier alpha value is -2.37. The molecule has 23 heavy (non-hydrogen) atoms. The summed E-state index contributed by atoms with van der Waals surface area (Å²) in [6, 6.07) is 5.73. The summed E-state index contributed by atoms with van der Waals surface area (Å²) in [7, 11) is 0. The Morgan fingerprint density at radius 2 is 2.13 bits per heavy atom. The van der Waals surface area contributed by atoms with Gasteiger partial charge in [0, 0.05) is 31.6 Å². The minimum atomic E-state index is 0.105. The Morgan fingerprint density at radius 1 is 1.35 bits per heavy atom. The molecule has 6 nitrogen and oxygen atoms in total. The van der Waals surface area contributed by atoms with Gasteiger partial charge in [0.25, 0.3) is 0 Å². The fourth-order valence-electron chi connectivity index (χ4n) is 2.79. The zero-order chi connectivity index (χ0) is 16.3. The van der Waals surface area contributed by atoms with Crippen LogP contribution in [0.15, 0.2) is 30.6 Å². The number of H-pyrrole nitrogens is 1. The zero-order valence-corrected chi connectivity index (χ0v) is 13.6. The molecule has 0 spiro atoms. The largest absolute Gasteiger partial charge is 0.491 e. The highest BCUT2D eigenvalue weighted by molar-refractivity contribution is 5.73. The lowest BCUT2D eigenvalue weighted by Gasteiger charge is -2.38. The van der Waals surface area contributed by atoms with E-state index >= 15 is 0 Å². The van der Waals surface area contributed by atoms with Crippen molar-refractivity contribution in [2.75, 3.05) is 19.7 Å². The number of amides is 1. The average Bonchev–Trinajstić information content (AvgIpc) is 3.08. The van der Waals surface area contributed by atoms with E-state index in [-0.39, 0.29) is 11.3 Å². The van der Waals surface area contributed by atoms with E-state index in [4.69, 9.17) is 4.74 Å². The molecule has 0 aromatic carbocycles. The zero-order valence-electron chi connectivity index (χ0n) is 13.6. The molecule has 6 heteroatoms. The highest BCUT2D eigenvalue weighted by Crippen LogP contribution is 2.31. The quantitative estimate of drug-likeness (QED) is 0.941. The first kappa shape index (κ1) is 15.5. The van der Waals surface area contributed by atoms with E-state index in [1.54, 1.807) is 19.3 Å². The van der Waals surface area contributed by atoms with Crippen LogP contribution < -0.4 is 4.74 Å². The minimum Gasteiger partial charge on any atom is -0.491 e. The van der Waals surface area contributed by atoms with Crippen LogP contribution >= 0.6 is 0 Å². The summed E-state index contributed by atoms with van der Waals surface area (Å²) in [6.45, 7) is 6.12. The lowest BCUT2D eigenvalue weighted by Crippen LogP contribution is -2.43. The van der Waals surface area contributed by atoms with Crippen LogP contribution in [-0.2, 0) is 4.79 Å². The Morgan fingerprint density at radius 3 is 2.70 bits per heavy atom. The van der Waals surface area contributed by atoms with E-state index in [1.165, 1.54) is 0 Å². The van der Waals surface area contributed by atoms with E-state index in [0.29, 0.717) is 6.61 Å². The lowest BCUT2D eigenvalue weighted by atomic mass is 9.81. The van der Waals surface area contributed by atoms with Crippen molar-refractivity contribution in [1.82, 2.24) is 20.1 Å². The smallest absolute Gasteiger partial charge is 0.219 e. The first-order valence-electron chi connectivity index (χ1n) is 7.90. The molecule has 2 aromatic heterocycles. The maximum absolute atomic E-state index is 11.4. The number of hydrogen-bond donors (Lipinski definition) is 1. The number of likely N-dealkylation sites (tertiary alicyclic amines) is 1. The molecular formula is C17H22N4O2. The molecule has 2 aromatic rings. The van der Waals surface area contributed by atoms with Crippen molar-refractivity contribution in [3.05, 3.63) is 30.6 Å². The van der Waals surface area contributed by atoms with Gasteiger partial charge in [-0.1, -0.05) is 6.92 Å². The number of nitrogens with zero attached hydrogens (tertiary/aromatic N) is 3. The molecule has 1 N–H and O–H groups in total. The van der Waals surface area contributed by atoms with E-state index in [0.717, 1.165) is 43.1 Å². The second-order valence-corrected chi connectivity index (χ2v) is 6.45. The van der Waals surface area contributed by atoms with Crippen molar-refractivity contribution in [2.24, 2.45) is 5.41 Å². The minimum absolute atomic E-state index is 0.105. The van der Waals surface area contributed by atoms with Crippen LogP contribution in [0.5, 0.6) is 5.75 Å². The summed E-state index contributed by atoms with van der Waals surface area (Å²) in [5.74, 6) is 0.926. The second kappa shape index (κ2) is 6.40. The molecule has 3 rings (SSSR count). The number of nitrogens with one attached hydrogen (secondary N) is 1. The molecule has 1 saturated heterocycles. The molecule has 1 fully saturated rings. The van der Waals surface area contributed by atoms with Gasteiger partial charge < -0.3 is 9.64 Å². The number of carbonyl (C=O) groups is 1. The third-order valence-corrected chi connectivity index (χ3v) is 4.52. The number of piperidine rings is 1. The third-order valence-electron chi connectivity index (χ3n) is 4.52. The molecular weight excluding hydrogens is 292 g/mol. The summed E-state index contributed by atoms with van der Waals surface area (Å²) >= 11 is 0. The van der Waals surface area contributed by atoms with Crippen LogP contribution in [0.1, 0.15) is 26.7 Å². The summed E-state index contributed by atoms with van der Waals surface area (Å²) in [6.07, 6.45) is 5.37. The van der Waals surface area contributed by atoms with E-state index in [9.17, 15) is 4.79 Å². The highest BCUT2D eigenvalue weighted by atomic mass is 16.5. The number of aromatic nitrogens is 3. The van der Waals surface area contributed by atoms with Gasteiger partial charge in [0.15, 0.2) is 0 Å². The van der Waals surface area contributed by atoms with Gasteiger partial charge in [0.2, 0.25) is 5.91 Å². The van der Waals surface area contributed by atoms with Crippen LogP contribution in [0, 0.1) is 5.41 Å². The Bertz CT molecular complexity index is 644. The molecule has 0 atom stereocenters. The number of rotatable bonds is 4. The van der Waals surface area contributed by atoms with Gasteiger partial charge in [-0.2, -0.15) is 5.10 Å². The normalized spacial score (nSPS) is 17.0. The topological polar surface area (TPSA) is 71.1 Å². The predicted molar refractivity (Wildman–Crippen MR) is 86.9 cm³/mol. The van der Waals surface area contributed by atoms with Gasteiger partial charge in [-0.25, -0.2) is 0 Å². The van der Waals surface area contributed by atoms with Crippen molar-refractivity contribution in [1.29, 1.82) is 0 Å². The van der Waals surface area contributed by atoms with Crippen molar-refractivity contribution in [2.45, 2.75) is 26.7 Å². The first-order valence-corrected chi connectivity index (χ1v) is 7.90. The van der Waals surface area contributed by atoms with E-state index in [2.05, 4.69) is 22.1 Å². The molecule has 3 heterocycles. The van der Waals surface area contributed by atoms with Gasteiger partial charge in [-0.15, -0.1) is 0 Å². The molecule has 1 amide bonds. The van der Waals surface area contributed by atoms with Crippen molar-refractivity contribution in [3.8, 4) is 17.1 Å². The third kappa shape index (κ3) is 3.70. The van der Waals surface area contributed by atoms with Crippen LogP contribution in [0.25, 0.3) is 11.4 Å². The van der Waals surface area contributed by atoms with Gasteiger partial charge >= 0.3 is 0 Å². The van der Waals surface area contributed by atoms with Gasteiger partial charge in [-0.3, -0.25) is 14.9 Å². The highest BCUT2D eigenvalue weighted by Gasteiger charge is 2.31. The molecule has 0 aliphatic carbocycles.